The fraction of sp³-hybridized carbons (Fsp3) is 0.292. The molecule has 0 atom stereocenters. The first-order valence-electron chi connectivity index (χ1n) is 11.0. The number of hydrogen-bond acceptors (Lipinski definition) is 6. The fourth-order valence-electron chi connectivity index (χ4n) is 3.98. The lowest BCUT2D eigenvalue weighted by Gasteiger charge is -2.25. The van der Waals surface area contributed by atoms with Crippen LogP contribution in [0.5, 0.6) is 0 Å². The van der Waals surface area contributed by atoms with Crippen LogP contribution in [0.4, 0.5) is 0 Å². The van der Waals surface area contributed by atoms with Gasteiger partial charge >= 0.3 is 5.97 Å². The maximum Gasteiger partial charge on any atom is 0.336 e. The minimum Gasteiger partial charge on any atom is -0.478 e. The number of carboxylic acid groups (broad SMARTS) is 1. The van der Waals surface area contributed by atoms with Crippen LogP contribution in [-0.4, -0.2) is 43.7 Å². The van der Waals surface area contributed by atoms with E-state index >= 15 is 0 Å². The molecule has 3 aromatic rings. The second-order valence-electron chi connectivity index (χ2n) is 7.95. The van der Waals surface area contributed by atoms with Crippen molar-refractivity contribution in [2.75, 3.05) is 5.75 Å². The third-order valence-electron chi connectivity index (χ3n) is 5.62. The molecule has 8 nitrogen and oxygen atoms in total. The second kappa shape index (κ2) is 11.3. The summed E-state index contributed by atoms with van der Waals surface area (Å²) in [4.78, 5) is 23.7. The number of halogens is 1. The average molecular weight is 498 g/mol. The van der Waals surface area contributed by atoms with Gasteiger partial charge in [0.05, 0.1) is 17.5 Å². The van der Waals surface area contributed by atoms with Gasteiger partial charge in [0, 0.05) is 22.2 Å². The lowest BCUT2D eigenvalue weighted by molar-refractivity contribution is -0.118. The Kier molecular flexibility index (Phi) is 7.97. The molecule has 176 valence electrons. The maximum absolute atomic E-state index is 12.4. The SMILES string of the molecule is O=C(CSc1nnc(-c2ccc(Cl)cc2)n1C1CCCCC1)N/N=C/c1ccccc1C(=O)O. The van der Waals surface area contributed by atoms with Crippen molar-refractivity contribution in [1.29, 1.82) is 0 Å². The van der Waals surface area contributed by atoms with Crippen LogP contribution >= 0.6 is 23.4 Å². The lowest BCUT2D eigenvalue weighted by Crippen LogP contribution is -2.21. The van der Waals surface area contributed by atoms with Crippen LogP contribution in [-0.2, 0) is 4.79 Å². The number of aromatic nitrogens is 3. The molecular weight excluding hydrogens is 474 g/mol. The van der Waals surface area contributed by atoms with Crippen molar-refractivity contribution in [2.24, 2.45) is 5.10 Å². The van der Waals surface area contributed by atoms with E-state index in [2.05, 4.69) is 25.3 Å². The van der Waals surface area contributed by atoms with Crippen LogP contribution in [0.2, 0.25) is 5.02 Å². The molecule has 0 spiro atoms. The molecular formula is C24H24ClN5O3S. The Morgan fingerprint density at radius 2 is 1.85 bits per heavy atom. The van der Waals surface area contributed by atoms with Gasteiger partial charge in [0.1, 0.15) is 0 Å². The zero-order chi connectivity index (χ0) is 23.9. The standard InChI is InChI=1S/C24H24ClN5O3S/c25-18-12-10-16(11-13-18)22-28-29-24(30(22)19-7-2-1-3-8-19)34-15-21(31)27-26-14-17-6-4-5-9-20(17)23(32)33/h4-6,9-14,19H,1-3,7-8,15H2,(H,27,31)(H,32,33)/b26-14+. The van der Waals surface area contributed by atoms with Gasteiger partial charge < -0.3 is 5.11 Å². The summed E-state index contributed by atoms with van der Waals surface area (Å²) < 4.78 is 2.15. The monoisotopic (exact) mass is 497 g/mol. The van der Waals surface area contributed by atoms with Gasteiger partial charge in [-0.25, -0.2) is 10.2 Å². The van der Waals surface area contributed by atoms with Crippen molar-refractivity contribution in [3.63, 3.8) is 0 Å². The number of carbonyl (C=O) groups excluding carboxylic acids is 1. The van der Waals surface area contributed by atoms with Crippen molar-refractivity contribution in [3.05, 3.63) is 64.7 Å². The number of nitrogens with zero attached hydrogens (tertiary/aromatic N) is 4. The maximum atomic E-state index is 12.4. The van der Waals surface area contributed by atoms with E-state index < -0.39 is 5.97 Å². The number of benzene rings is 2. The van der Waals surface area contributed by atoms with E-state index in [1.54, 1.807) is 18.2 Å². The normalized spacial score (nSPS) is 14.4. The van der Waals surface area contributed by atoms with Gasteiger partial charge in [-0.05, 0) is 43.2 Å². The van der Waals surface area contributed by atoms with E-state index in [1.165, 1.54) is 30.5 Å². The first-order chi connectivity index (χ1) is 16.5. The number of aromatic carboxylic acids is 1. The number of thioether (sulfide) groups is 1. The van der Waals surface area contributed by atoms with E-state index in [0.29, 0.717) is 15.7 Å². The molecule has 1 heterocycles. The van der Waals surface area contributed by atoms with Crippen LogP contribution in [0.15, 0.2) is 58.8 Å². The zero-order valence-corrected chi connectivity index (χ0v) is 19.9. The van der Waals surface area contributed by atoms with Crippen LogP contribution in [0, 0.1) is 0 Å². The highest BCUT2D eigenvalue weighted by atomic mass is 35.5. The highest BCUT2D eigenvalue weighted by Gasteiger charge is 2.24. The zero-order valence-electron chi connectivity index (χ0n) is 18.4. The number of rotatable bonds is 8. The number of carboxylic acids is 1. The predicted molar refractivity (Wildman–Crippen MR) is 132 cm³/mol. The molecule has 2 aromatic carbocycles. The Labute approximate surface area is 206 Å². The summed E-state index contributed by atoms with van der Waals surface area (Å²) in [7, 11) is 0. The molecule has 34 heavy (non-hydrogen) atoms. The lowest BCUT2D eigenvalue weighted by atomic mass is 9.95. The van der Waals surface area contributed by atoms with Crippen LogP contribution in [0.25, 0.3) is 11.4 Å². The van der Waals surface area contributed by atoms with Gasteiger partial charge in [0.25, 0.3) is 5.91 Å². The van der Waals surface area contributed by atoms with Crippen LogP contribution in [0.1, 0.15) is 54.1 Å². The quantitative estimate of drug-likeness (QED) is 0.256. The molecule has 0 aliphatic heterocycles. The number of nitrogens with one attached hydrogen (secondary N) is 1. The Hall–Kier alpha value is -3.17. The molecule has 4 rings (SSSR count). The summed E-state index contributed by atoms with van der Waals surface area (Å²) in [6.07, 6.45) is 6.95. The minimum atomic E-state index is -1.05. The van der Waals surface area contributed by atoms with E-state index in [9.17, 15) is 14.7 Å². The van der Waals surface area contributed by atoms with E-state index in [-0.39, 0.29) is 23.3 Å². The number of hydrogen-bond donors (Lipinski definition) is 2. The van der Waals surface area contributed by atoms with Gasteiger partial charge in [0.15, 0.2) is 11.0 Å². The van der Waals surface area contributed by atoms with Crippen molar-refractivity contribution in [3.8, 4) is 11.4 Å². The molecule has 1 aliphatic carbocycles. The van der Waals surface area contributed by atoms with Crippen molar-refractivity contribution in [1.82, 2.24) is 20.2 Å². The molecule has 0 saturated heterocycles. The van der Waals surface area contributed by atoms with Crippen LogP contribution in [0.3, 0.4) is 0 Å². The molecule has 1 fully saturated rings. The Bertz CT molecular complexity index is 1190. The number of hydrazone groups is 1. The molecule has 0 radical (unpaired) electrons. The Morgan fingerprint density at radius 3 is 2.59 bits per heavy atom. The van der Waals surface area contributed by atoms with Crippen molar-refractivity contribution < 1.29 is 14.7 Å². The Morgan fingerprint density at radius 1 is 1.12 bits per heavy atom. The average Bonchev–Trinajstić information content (AvgIpc) is 3.28. The fourth-order valence-corrected chi connectivity index (χ4v) is 4.90. The van der Waals surface area contributed by atoms with Gasteiger partial charge in [-0.3, -0.25) is 9.36 Å². The molecule has 10 heteroatoms. The van der Waals surface area contributed by atoms with E-state index in [4.69, 9.17) is 11.6 Å². The molecule has 1 aromatic heterocycles. The largest absolute Gasteiger partial charge is 0.478 e. The minimum absolute atomic E-state index is 0.101. The van der Waals surface area contributed by atoms with E-state index in [0.717, 1.165) is 37.1 Å². The second-order valence-corrected chi connectivity index (χ2v) is 9.33. The smallest absolute Gasteiger partial charge is 0.336 e. The summed E-state index contributed by atoms with van der Waals surface area (Å²) in [6.45, 7) is 0. The third-order valence-corrected chi connectivity index (χ3v) is 6.82. The molecule has 0 bridgehead atoms. The molecule has 2 N–H and O–H groups in total. The third kappa shape index (κ3) is 5.84. The topological polar surface area (TPSA) is 109 Å². The highest BCUT2D eigenvalue weighted by molar-refractivity contribution is 7.99. The van der Waals surface area contributed by atoms with Gasteiger partial charge in [-0.1, -0.05) is 60.8 Å². The van der Waals surface area contributed by atoms with Crippen LogP contribution < -0.4 is 5.43 Å². The van der Waals surface area contributed by atoms with Crippen molar-refractivity contribution >= 4 is 41.5 Å². The summed E-state index contributed by atoms with van der Waals surface area (Å²) in [6, 6.07) is 14.3. The Balaban J connectivity index is 1.45. The van der Waals surface area contributed by atoms with E-state index in [1.807, 2.05) is 24.3 Å². The summed E-state index contributed by atoms with van der Waals surface area (Å²) in [5.41, 5.74) is 3.91. The summed E-state index contributed by atoms with van der Waals surface area (Å²) in [5.74, 6) is -0.499. The number of amides is 1. The first-order valence-corrected chi connectivity index (χ1v) is 12.4. The summed E-state index contributed by atoms with van der Waals surface area (Å²) in [5, 5.41) is 23.3. The summed E-state index contributed by atoms with van der Waals surface area (Å²) >= 11 is 7.36. The first kappa shape index (κ1) is 24.0. The predicted octanol–water partition coefficient (Wildman–Crippen LogP) is 5.04. The van der Waals surface area contributed by atoms with Gasteiger partial charge in [0.2, 0.25) is 0 Å². The van der Waals surface area contributed by atoms with Gasteiger partial charge in [-0.2, -0.15) is 5.10 Å². The molecule has 0 unspecified atom stereocenters. The number of carbonyl (C=O) groups is 2. The molecule has 1 aliphatic rings. The highest BCUT2D eigenvalue weighted by Crippen LogP contribution is 2.35. The molecule has 1 saturated carbocycles. The van der Waals surface area contributed by atoms with Crippen molar-refractivity contribution in [2.45, 2.75) is 43.3 Å². The van der Waals surface area contributed by atoms with Gasteiger partial charge in [-0.15, -0.1) is 10.2 Å². The molecule has 1 amide bonds.